The molecule has 2 amide bonds. The Hall–Kier alpha value is -2.67. The number of rotatable bonds is 4. The van der Waals surface area contributed by atoms with E-state index in [0.29, 0.717) is 24.2 Å². The van der Waals surface area contributed by atoms with Gasteiger partial charge < -0.3 is 14.6 Å². The number of hydrogen-bond acceptors (Lipinski definition) is 6. The highest BCUT2D eigenvalue weighted by Gasteiger charge is 2.68. The summed E-state index contributed by atoms with van der Waals surface area (Å²) in [4.78, 5) is 39.3. The van der Waals surface area contributed by atoms with Crippen LogP contribution in [0.5, 0.6) is 5.75 Å². The molecule has 3 aliphatic carbocycles. The number of alkyl carbamates (subject to hydrolysis) is 1. The number of carbonyl (C=O) groups excluding carboxylic acids is 3. The van der Waals surface area contributed by atoms with Gasteiger partial charge in [0, 0.05) is 28.7 Å². The summed E-state index contributed by atoms with van der Waals surface area (Å²) >= 11 is 0. The average Bonchev–Trinajstić information content (AvgIpc) is 3.22. The number of benzene rings is 1. The van der Waals surface area contributed by atoms with Gasteiger partial charge in [-0.1, -0.05) is 33.8 Å². The van der Waals surface area contributed by atoms with E-state index in [2.05, 4.69) is 32.7 Å². The fourth-order valence-electron chi connectivity index (χ4n) is 7.57. The zero-order valence-corrected chi connectivity index (χ0v) is 22.0. The Bertz CT molecular complexity index is 1050. The summed E-state index contributed by atoms with van der Waals surface area (Å²) in [5.74, 6) is -0.0956. The second kappa shape index (κ2) is 9.33. The van der Waals surface area contributed by atoms with E-state index >= 15 is 0 Å². The number of hydrogen-bond donors (Lipinski definition) is 2. The minimum absolute atomic E-state index is 0.102. The summed E-state index contributed by atoms with van der Waals surface area (Å²) in [6.45, 7) is 12.2. The van der Waals surface area contributed by atoms with E-state index in [9.17, 15) is 19.5 Å². The largest absolute Gasteiger partial charge is 0.497 e. The van der Waals surface area contributed by atoms with E-state index in [-0.39, 0.29) is 29.0 Å². The van der Waals surface area contributed by atoms with Gasteiger partial charge >= 0.3 is 6.09 Å². The van der Waals surface area contributed by atoms with E-state index in [4.69, 9.17) is 9.47 Å². The van der Waals surface area contributed by atoms with Crippen molar-refractivity contribution in [1.82, 2.24) is 5.32 Å². The fourth-order valence-corrected chi connectivity index (χ4v) is 7.57. The second-order valence-electron chi connectivity index (χ2n) is 11.7. The third-order valence-electron chi connectivity index (χ3n) is 10.1. The Morgan fingerprint density at radius 2 is 1.83 bits per heavy atom. The van der Waals surface area contributed by atoms with Crippen molar-refractivity contribution < 1.29 is 29.0 Å². The minimum Gasteiger partial charge on any atom is -0.497 e. The number of carbonyl (C=O) groups is 3. The van der Waals surface area contributed by atoms with Crippen LogP contribution < -0.4 is 10.1 Å². The predicted molar refractivity (Wildman–Crippen MR) is 135 cm³/mol. The van der Waals surface area contributed by atoms with Crippen molar-refractivity contribution >= 4 is 17.8 Å². The van der Waals surface area contributed by atoms with E-state index in [0.717, 1.165) is 19.3 Å². The molecule has 7 nitrogen and oxygen atoms in total. The number of Topliss-reactive ketones (excluding diaryl/α,β-unsaturated/α-hetero) is 1. The number of nitrogens with one attached hydrogen (secondary N) is 1. The Balaban J connectivity index is 1.68. The molecule has 0 unspecified atom stereocenters. The van der Waals surface area contributed by atoms with Crippen molar-refractivity contribution in [3.05, 3.63) is 42.5 Å². The molecule has 0 radical (unpaired) electrons. The molecule has 0 spiro atoms. The maximum Gasteiger partial charge on any atom is 0.414 e. The van der Waals surface area contributed by atoms with Gasteiger partial charge in [-0.3, -0.25) is 14.9 Å². The van der Waals surface area contributed by atoms with Gasteiger partial charge in [0.1, 0.15) is 17.6 Å². The fraction of sp³-hybridized carbons (Fsp3) is 0.621. The smallest absolute Gasteiger partial charge is 0.414 e. The Labute approximate surface area is 213 Å². The van der Waals surface area contributed by atoms with Gasteiger partial charge in [-0.2, -0.15) is 0 Å². The molecule has 0 heterocycles. The first-order valence-electron chi connectivity index (χ1n) is 12.9. The molecule has 3 aliphatic rings. The molecule has 2 N–H and O–H groups in total. The molecule has 0 aromatic heterocycles. The van der Waals surface area contributed by atoms with Crippen molar-refractivity contribution in [3.63, 3.8) is 0 Å². The van der Waals surface area contributed by atoms with Crippen LogP contribution in [0.25, 0.3) is 0 Å². The molecule has 3 saturated carbocycles. The number of ketones is 1. The van der Waals surface area contributed by atoms with Crippen molar-refractivity contribution in [3.8, 4) is 5.75 Å². The van der Waals surface area contributed by atoms with Crippen LogP contribution in [-0.4, -0.2) is 42.2 Å². The van der Waals surface area contributed by atoms with Gasteiger partial charge in [-0.15, -0.1) is 6.58 Å². The lowest BCUT2D eigenvalue weighted by Crippen LogP contribution is -2.63. The summed E-state index contributed by atoms with van der Waals surface area (Å²) in [6.07, 6.45) is 2.74. The molecule has 3 fully saturated rings. The maximum atomic E-state index is 13.4. The number of imide groups is 1. The standard InChI is InChI=1S/C29H39NO6/c1-7-27(4)16-22(36-26(34)30-25(33)19-8-10-20(35-6)11-9-19)28(5)17(2)12-14-29(18(3)24(27)32)15-13-21(31)23(28)29/h7-11,17-18,22-24,32H,1,12-16H2,2-6H3,(H,30,33,34)/t17-,18+,22-,23+,24+,27-,28+,29+/m1/s1. The van der Waals surface area contributed by atoms with Crippen LogP contribution in [0.3, 0.4) is 0 Å². The van der Waals surface area contributed by atoms with E-state index < -0.39 is 35.0 Å². The normalized spacial score (nSPS) is 39.8. The lowest BCUT2D eigenvalue weighted by atomic mass is 9.44. The van der Waals surface area contributed by atoms with Crippen molar-refractivity contribution in [1.29, 1.82) is 0 Å². The van der Waals surface area contributed by atoms with Crippen molar-refractivity contribution in [2.45, 2.75) is 72.0 Å². The van der Waals surface area contributed by atoms with Crippen LogP contribution in [0, 0.1) is 34.0 Å². The van der Waals surface area contributed by atoms with E-state index in [1.807, 2.05) is 6.92 Å². The second-order valence-corrected chi connectivity index (χ2v) is 11.7. The molecular formula is C29H39NO6. The lowest BCUT2D eigenvalue weighted by molar-refractivity contribution is -0.191. The minimum atomic E-state index is -0.856. The van der Waals surface area contributed by atoms with Gasteiger partial charge in [0.2, 0.25) is 0 Å². The first-order valence-corrected chi connectivity index (χ1v) is 12.9. The van der Waals surface area contributed by atoms with Crippen LogP contribution in [0.15, 0.2) is 36.9 Å². The summed E-state index contributed by atoms with van der Waals surface area (Å²) in [5.41, 5.74) is -1.41. The van der Waals surface area contributed by atoms with Crippen molar-refractivity contribution in [2.24, 2.45) is 34.0 Å². The van der Waals surface area contributed by atoms with Crippen LogP contribution >= 0.6 is 0 Å². The number of aliphatic hydroxyl groups is 1. The van der Waals surface area contributed by atoms with Gasteiger partial charge in [0.25, 0.3) is 5.91 Å². The van der Waals surface area contributed by atoms with Gasteiger partial charge in [0.15, 0.2) is 0 Å². The van der Waals surface area contributed by atoms with Crippen LogP contribution in [0.1, 0.15) is 70.2 Å². The van der Waals surface area contributed by atoms with Gasteiger partial charge in [0.05, 0.1) is 13.2 Å². The van der Waals surface area contributed by atoms with E-state index in [1.54, 1.807) is 30.3 Å². The zero-order valence-electron chi connectivity index (χ0n) is 22.0. The lowest BCUT2D eigenvalue weighted by Gasteiger charge is -2.61. The molecule has 1 aromatic rings. The predicted octanol–water partition coefficient (Wildman–Crippen LogP) is 4.92. The summed E-state index contributed by atoms with van der Waals surface area (Å²) in [5, 5.41) is 13.9. The highest BCUT2D eigenvalue weighted by Crippen LogP contribution is 2.67. The number of aliphatic hydroxyl groups excluding tert-OH is 1. The van der Waals surface area contributed by atoms with Crippen LogP contribution in [0.2, 0.25) is 0 Å². The number of amides is 2. The molecule has 1 aromatic carbocycles. The molecule has 0 saturated heterocycles. The maximum absolute atomic E-state index is 13.4. The average molecular weight is 498 g/mol. The third kappa shape index (κ3) is 3.96. The third-order valence-corrected chi connectivity index (χ3v) is 10.1. The molecule has 8 atom stereocenters. The van der Waals surface area contributed by atoms with E-state index in [1.165, 1.54) is 7.11 Å². The molecule has 7 heteroatoms. The van der Waals surface area contributed by atoms with Crippen LogP contribution in [0.4, 0.5) is 4.79 Å². The highest BCUT2D eigenvalue weighted by molar-refractivity contribution is 6.03. The molecular weight excluding hydrogens is 458 g/mol. The molecule has 0 aliphatic heterocycles. The summed E-state index contributed by atoms with van der Waals surface area (Å²) in [7, 11) is 1.53. The number of ether oxygens (including phenoxy) is 2. The molecule has 4 rings (SSSR count). The zero-order chi connectivity index (χ0) is 26.5. The van der Waals surface area contributed by atoms with Crippen LogP contribution in [-0.2, 0) is 9.53 Å². The monoisotopic (exact) mass is 497 g/mol. The molecule has 2 bridgehead atoms. The molecule has 36 heavy (non-hydrogen) atoms. The SMILES string of the molecule is C=C[C@]1(C)C[C@@H](OC(=O)NC(=O)c2ccc(OC)cc2)[C@]2(C)[C@H](C)CC[C@]3(CCC(=O)[C@H]32)[C@@H](C)[C@@H]1O. The first-order chi connectivity index (χ1) is 16.9. The quantitative estimate of drug-likeness (QED) is 0.572. The summed E-state index contributed by atoms with van der Waals surface area (Å²) in [6, 6.07) is 6.42. The highest BCUT2D eigenvalue weighted by atomic mass is 16.6. The Morgan fingerprint density at radius 3 is 2.44 bits per heavy atom. The van der Waals surface area contributed by atoms with Gasteiger partial charge in [-0.25, -0.2) is 4.79 Å². The topological polar surface area (TPSA) is 102 Å². The number of methoxy groups -OCH3 is 1. The first kappa shape index (κ1) is 26.4. The molecule has 196 valence electrons. The Morgan fingerprint density at radius 1 is 1.17 bits per heavy atom. The summed E-state index contributed by atoms with van der Waals surface area (Å²) < 4.78 is 11.2. The van der Waals surface area contributed by atoms with Crippen molar-refractivity contribution in [2.75, 3.05) is 7.11 Å². The van der Waals surface area contributed by atoms with Gasteiger partial charge in [-0.05, 0) is 67.2 Å². The Kier molecular flexibility index (Phi) is 6.84.